The van der Waals surface area contributed by atoms with Crippen LogP contribution in [0.2, 0.25) is 0 Å². The molecule has 2 saturated carbocycles. The van der Waals surface area contributed by atoms with E-state index in [1.54, 1.807) is 24.3 Å². The fraction of sp³-hybridized carbons (Fsp3) is 0.571. The molecule has 0 heterocycles. The highest BCUT2D eigenvalue weighted by molar-refractivity contribution is 7.86. The fourth-order valence-corrected chi connectivity index (χ4v) is 3.80. The molecular formula is C14H18O3S. The molecule has 0 aliphatic heterocycles. The van der Waals surface area contributed by atoms with E-state index in [0.29, 0.717) is 17.9 Å². The van der Waals surface area contributed by atoms with Crippen LogP contribution in [0.25, 0.3) is 0 Å². The number of rotatable bonds is 4. The zero-order chi connectivity index (χ0) is 12.8. The summed E-state index contributed by atoms with van der Waals surface area (Å²) in [5, 5.41) is 0. The van der Waals surface area contributed by atoms with Gasteiger partial charge in [0.25, 0.3) is 10.1 Å². The van der Waals surface area contributed by atoms with Gasteiger partial charge in [-0.1, -0.05) is 24.1 Å². The molecular weight excluding hydrogens is 248 g/mol. The summed E-state index contributed by atoms with van der Waals surface area (Å²) in [5.74, 6) is 0.464. The Morgan fingerprint density at radius 1 is 1.28 bits per heavy atom. The highest BCUT2D eigenvalue weighted by Gasteiger charge is 2.57. The topological polar surface area (TPSA) is 43.4 Å². The van der Waals surface area contributed by atoms with Crippen molar-refractivity contribution in [3.8, 4) is 0 Å². The van der Waals surface area contributed by atoms with E-state index in [1.165, 1.54) is 19.3 Å². The maximum Gasteiger partial charge on any atom is 0.296 e. The number of benzene rings is 1. The molecule has 0 aromatic heterocycles. The molecule has 0 saturated heterocycles. The molecule has 1 unspecified atom stereocenters. The molecule has 0 amide bonds. The lowest BCUT2D eigenvalue weighted by molar-refractivity contribution is 0.211. The fourth-order valence-electron chi connectivity index (χ4n) is 2.86. The Hall–Kier alpha value is -0.870. The van der Waals surface area contributed by atoms with Crippen LogP contribution in [-0.2, 0) is 14.3 Å². The Bertz CT molecular complexity index is 541. The van der Waals surface area contributed by atoms with Gasteiger partial charge in [0.2, 0.25) is 0 Å². The van der Waals surface area contributed by atoms with Gasteiger partial charge in [0.15, 0.2) is 0 Å². The molecule has 1 aromatic carbocycles. The maximum atomic E-state index is 12.0. The van der Waals surface area contributed by atoms with Gasteiger partial charge in [0.1, 0.15) is 0 Å². The molecule has 0 N–H and O–H groups in total. The van der Waals surface area contributed by atoms with E-state index in [2.05, 4.69) is 0 Å². The van der Waals surface area contributed by atoms with Gasteiger partial charge in [-0.3, -0.25) is 4.18 Å². The smallest absolute Gasteiger partial charge is 0.266 e. The van der Waals surface area contributed by atoms with Gasteiger partial charge in [-0.05, 0) is 49.7 Å². The lowest BCUT2D eigenvalue weighted by Crippen LogP contribution is -2.18. The van der Waals surface area contributed by atoms with Gasteiger partial charge in [0, 0.05) is 0 Å². The summed E-state index contributed by atoms with van der Waals surface area (Å²) in [6, 6.07) is 6.80. The minimum absolute atomic E-state index is 0.261. The molecule has 1 atom stereocenters. The molecule has 2 aliphatic carbocycles. The predicted molar refractivity (Wildman–Crippen MR) is 68.7 cm³/mol. The summed E-state index contributed by atoms with van der Waals surface area (Å²) in [6.45, 7) is 2.29. The Labute approximate surface area is 108 Å². The van der Waals surface area contributed by atoms with Crippen LogP contribution in [0.5, 0.6) is 0 Å². The van der Waals surface area contributed by atoms with E-state index in [1.807, 2.05) is 6.92 Å². The minimum Gasteiger partial charge on any atom is -0.266 e. The largest absolute Gasteiger partial charge is 0.296 e. The minimum atomic E-state index is -3.57. The van der Waals surface area contributed by atoms with Crippen molar-refractivity contribution in [1.29, 1.82) is 0 Å². The summed E-state index contributed by atoms with van der Waals surface area (Å²) in [7, 11) is -3.57. The summed E-state index contributed by atoms with van der Waals surface area (Å²) in [4.78, 5) is 0.261. The van der Waals surface area contributed by atoms with Crippen molar-refractivity contribution in [2.24, 2.45) is 11.3 Å². The van der Waals surface area contributed by atoms with E-state index in [-0.39, 0.29) is 4.90 Å². The quantitative estimate of drug-likeness (QED) is 0.787. The van der Waals surface area contributed by atoms with E-state index < -0.39 is 10.1 Å². The SMILES string of the molecule is Cc1ccc(S(=O)(=O)OCC2CC23CCC3)cc1. The van der Waals surface area contributed by atoms with Gasteiger partial charge in [0.05, 0.1) is 11.5 Å². The van der Waals surface area contributed by atoms with Crippen LogP contribution in [-0.4, -0.2) is 15.0 Å². The molecule has 1 spiro atoms. The Morgan fingerprint density at radius 3 is 2.44 bits per heavy atom. The molecule has 18 heavy (non-hydrogen) atoms. The van der Waals surface area contributed by atoms with Gasteiger partial charge >= 0.3 is 0 Å². The third-order valence-electron chi connectivity index (χ3n) is 4.44. The average Bonchev–Trinajstić information content (AvgIpc) is 3.02. The van der Waals surface area contributed by atoms with Crippen molar-refractivity contribution < 1.29 is 12.6 Å². The molecule has 4 heteroatoms. The second-order valence-electron chi connectivity index (χ2n) is 5.67. The third kappa shape index (κ3) is 2.08. The van der Waals surface area contributed by atoms with Crippen molar-refractivity contribution in [2.75, 3.05) is 6.61 Å². The van der Waals surface area contributed by atoms with Crippen molar-refractivity contribution in [3.05, 3.63) is 29.8 Å². The number of hydrogen-bond acceptors (Lipinski definition) is 3. The molecule has 2 aliphatic rings. The first-order chi connectivity index (χ1) is 8.52. The molecule has 98 valence electrons. The molecule has 2 fully saturated rings. The summed E-state index contributed by atoms with van der Waals surface area (Å²) in [6.07, 6.45) is 4.95. The van der Waals surface area contributed by atoms with Crippen LogP contribution in [0.1, 0.15) is 31.2 Å². The lowest BCUT2D eigenvalue weighted by Gasteiger charge is -2.26. The lowest BCUT2D eigenvalue weighted by atomic mass is 9.80. The Morgan fingerprint density at radius 2 is 1.94 bits per heavy atom. The summed E-state index contributed by atoms with van der Waals surface area (Å²) >= 11 is 0. The van der Waals surface area contributed by atoms with Crippen LogP contribution in [0.15, 0.2) is 29.2 Å². The average molecular weight is 266 g/mol. The van der Waals surface area contributed by atoms with E-state index >= 15 is 0 Å². The van der Waals surface area contributed by atoms with Crippen molar-refractivity contribution >= 4 is 10.1 Å². The Balaban J connectivity index is 1.63. The predicted octanol–water partition coefficient (Wildman–Crippen LogP) is 2.89. The molecule has 1 aromatic rings. The first-order valence-electron chi connectivity index (χ1n) is 6.48. The normalized spacial score (nSPS) is 24.8. The summed E-state index contributed by atoms with van der Waals surface area (Å²) in [5.41, 5.74) is 1.51. The van der Waals surface area contributed by atoms with Gasteiger partial charge in [-0.25, -0.2) is 0 Å². The first-order valence-corrected chi connectivity index (χ1v) is 7.89. The Kier molecular flexibility index (Phi) is 2.75. The zero-order valence-electron chi connectivity index (χ0n) is 10.6. The van der Waals surface area contributed by atoms with Crippen LogP contribution in [0, 0.1) is 18.3 Å². The van der Waals surface area contributed by atoms with Crippen molar-refractivity contribution in [1.82, 2.24) is 0 Å². The van der Waals surface area contributed by atoms with Crippen LogP contribution in [0.3, 0.4) is 0 Å². The van der Waals surface area contributed by atoms with Gasteiger partial charge in [-0.2, -0.15) is 8.42 Å². The maximum absolute atomic E-state index is 12.0. The van der Waals surface area contributed by atoms with Gasteiger partial charge < -0.3 is 0 Å². The molecule has 0 radical (unpaired) electrons. The number of aryl methyl sites for hydroxylation is 1. The van der Waals surface area contributed by atoms with Gasteiger partial charge in [-0.15, -0.1) is 0 Å². The van der Waals surface area contributed by atoms with E-state index in [9.17, 15) is 8.42 Å². The van der Waals surface area contributed by atoms with Crippen LogP contribution < -0.4 is 0 Å². The molecule has 0 bridgehead atoms. The zero-order valence-corrected chi connectivity index (χ0v) is 11.4. The van der Waals surface area contributed by atoms with Crippen LogP contribution >= 0.6 is 0 Å². The van der Waals surface area contributed by atoms with E-state index in [4.69, 9.17) is 4.18 Å². The second-order valence-corrected chi connectivity index (χ2v) is 7.28. The van der Waals surface area contributed by atoms with Crippen molar-refractivity contribution in [2.45, 2.75) is 37.5 Å². The standard InChI is InChI=1S/C14H18O3S/c1-11-3-5-13(6-4-11)18(15,16)17-10-12-9-14(12)7-2-8-14/h3-6,12H,2,7-10H2,1H3. The molecule has 3 nitrogen and oxygen atoms in total. The van der Waals surface area contributed by atoms with E-state index in [0.717, 1.165) is 12.0 Å². The highest BCUT2D eigenvalue weighted by atomic mass is 32.2. The third-order valence-corrected chi connectivity index (χ3v) is 5.74. The monoisotopic (exact) mass is 266 g/mol. The second kappa shape index (κ2) is 4.07. The van der Waals surface area contributed by atoms with Crippen molar-refractivity contribution in [3.63, 3.8) is 0 Å². The number of hydrogen-bond donors (Lipinski definition) is 0. The first kappa shape index (κ1) is 12.2. The van der Waals surface area contributed by atoms with Crippen LogP contribution in [0.4, 0.5) is 0 Å². The highest BCUT2D eigenvalue weighted by Crippen LogP contribution is 2.65. The summed E-state index contributed by atoms with van der Waals surface area (Å²) < 4.78 is 29.1. The molecule has 3 rings (SSSR count).